The molecule has 1 saturated carbocycles. The monoisotopic (exact) mass is 405 g/mol. The number of carbonyl (C=O) groups is 1. The number of benzene rings is 1. The first kappa shape index (κ1) is 17.6. The maximum absolute atomic E-state index is 12.7. The van der Waals surface area contributed by atoms with Crippen LogP contribution in [0, 0.1) is 0 Å². The molecular weight excluding hydrogens is 390 g/mol. The Balaban J connectivity index is 1.44. The van der Waals surface area contributed by atoms with Gasteiger partial charge in [0, 0.05) is 6.04 Å². The summed E-state index contributed by atoms with van der Waals surface area (Å²) in [6, 6.07) is 11.6. The van der Waals surface area contributed by atoms with Gasteiger partial charge in [-0.1, -0.05) is 29.8 Å². The van der Waals surface area contributed by atoms with Gasteiger partial charge in [0.25, 0.3) is 0 Å². The van der Waals surface area contributed by atoms with Crippen LogP contribution in [-0.4, -0.2) is 32.8 Å². The van der Waals surface area contributed by atoms with Gasteiger partial charge in [-0.3, -0.25) is 4.79 Å². The Bertz CT molecular complexity index is 893. The first-order chi connectivity index (χ1) is 12.7. The molecule has 0 N–H and O–H groups in total. The van der Waals surface area contributed by atoms with Crippen molar-refractivity contribution in [3.8, 4) is 11.5 Å². The highest BCUT2D eigenvalue weighted by Crippen LogP contribution is 2.31. The second kappa shape index (κ2) is 7.82. The maximum atomic E-state index is 12.7. The van der Waals surface area contributed by atoms with Gasteiger partial charge in [0.2, 0.25) is 17.7 Å². The maximum Gasteiger partial charge on any atom is 0.249 e. The molecule has 0 radical (unpaired) electrons. The van der Waals surface area contributed by atoms with E-state index in [1.807, 2.05) is 40.6 Å². The van der Waals surface area contributed by atoms with Crippen LogP contribution in [0.3, 0.4) is 0 Å². The number of halogens is 1. The van der Waals surface area contributed by atoms with Crippen LogP contribution in [0.15, 0.2) is 50.4 Å². The van der Waals surface area contributed by atoms with Gasteiger partial charge in [0.1, 0.15) is 0 Å². The van der Waals surface area contributed by atoms with E-state index in [9.17, 15) is 4.79 Å². The molecule has 134 valence electrons. The fourth-order valence-electron chi connectivity index (χ4n) is 2.58. The van der Waals surface area contributed by atoms with E-state index in [0.29, 0.717) is 34.7 Å². The molecule has 1 aliphatic rings. The lowest BCUT2D eigenvalue weighted by atomic mass is 10.2. The Hall–Kier alpha value is -1.83. The van der Waals surface area contributed by atoms with Crippen molar-refractivity contribution < 1.29 is 9.21 Å². The molecule has 1 fully saturated rings. The lowest BCUT2D eigenvalue weighted by molar-refractivity contribution is -0.129. The van der Waals surface area contributed by atoms with Crippen molar-refractivity contribution >= 4 is 40.6 Å². The number of aromatic nitrogens is 2. The van der Waals surface area contributed by atoms with E-state index in [4.69, 9.17) is 16.0 Å². The first-order valence-electron chi connectivity index (χ1n) is 8.24. The zero-order valence-electron chi connectivity index (χ0n) is 13.8. The topological polar surface area (TPSA) is 59.2 Å². The summed E-state index contributed by atoms with van der Waals surface area (Å²) in [7, 11) is 0. The lowest BCUT2D eigenvalue weighted by Crippen LogP contribution is -2.34. The Morgan fingerprint density at radius 1 is 1.27 bits per heavy atom. The summed E-state index contributed by atoms with van der Waals surface area (Å²) in [6.45, 7) is 0.339. The third kappa shape index (κ3) is 4.11. The van der Waals surface area contributed by atoms with Gasteiger partial charge in [0.15, 0.2) is 0 Å². The number of hydrogen-bond donors (Lipinski definition) is 0. The minimum Gasteiger partial charge on any atom is -0.419 e. The second-order valence-corrected chi connectivity index (χ2v) is 8.58. The van der Waals surface area contributed by atoms with Crippen molar-refractivity contribution in [2.24, 2.45) is 0 Å². The molecule has 1 aromatic carbocycles. The number of hydrogen-bond acceptors (Lipinski definition) is 6. The third-order valence-electron chi connectivity index (χ3n) is 4.02. The van der Waals surface area contributed by atoms with Crippen molar-refractivity contribution in [3.63, 3.8) is 0 Å². The third-order valence-corrected chi connectivity index (χ3v) is 6.46. The minimum atomic E-state index is 0.100. The number of nitrogens with zero attached hydrogens (tertiary/aromatic N) is 3. The van der Waals surface area contributed by atoms with E-state index >= 15 is 0 Å². The van der Waals surface area contributed by atoms with Crippen LogP contribution in [0.5, 0.6) is 0 Å². The van der Waals surface area contributed by atoms with Crippen LogP contribution >= 0.6 is 34.7 Å². The molecule has 3 aromatic rings. The molecule has 26 heavy (non-hydrogen) atoms. The molecule has 8 heteroatoms. The van der Waals surface area contributed by atoms with E-state index in [1.165, 1.54) is 0 Å². The summed E-state index contributed by atoms with van der Waals surface area (Å²) in [5, 5.41) is 10.8. The van der Waals surface area contributed by atoms with Gasteiger partial charge in [-0.15, -0.1) is 33.3 Å². The normalized spacial score (nSPS) is 13.7. The zero-order chi connectivity index (χ0) is 17.9. The molecule has 2 aromatic heterocycles. The van der Waals surface area contributed by atoms with Crippen molar-refractivity contribution in [1.29, 1.82) is 0 Å². The number of thiophene rings is 1. The molecule has 0 spiro atoms. The standard InChI is InChI=1S/C18H16ClN3O2S2/c19-14-5-2-1-4-13(14)18-21-20-15(24-18)10-22(12-7-8-12)16(23)11-26-17-6-3-9-25-17/h1-6,9,12H,7-8,10-11H2. The van der Waals surface area contributed by atoms with Gasteiger partial charge in [-0.25, -0.2) is 0 Å². The fraction of sp³-hybridized carbons (Fsp3) is 0.278. The van der Waals surface area contributed by atoms with Crippen LogP contribution in [0.4, 0.5) is 0 Å². The van der Waals surface area contributed by atoms with Crippen molar-refractivity contribution in [2.45, 2.75) is 29.6 Å². The van der Waals surface area contributed by atoms with Crippen LogP contribution in [0.1, 0.15) is 18.7 Å². The van der Waals surface area contributed by atoms with E-state index < -0.39 is 0 Å². The molecular formula is C18H16ClN3O2S2. The van der Waals surface area contributed by atoms with Gasteiger partial charge in [0.05, 0.1) is 27.1 Å². The molecule has 5 nitrogen and oxygen atoms in total. The largest absolute Gasteiger partial charge is 0.419 e. The van der Waals surface area contributed by atoms with Crippen molar-refractivity contribution in [3.05, 3.63) is 52.7 Å². The molecule has 0 atom stereocenters. The van der Waals surface area contributed by atoms with Gasteiger partial charge in [-0.05, 0) is 36.4 Å². The highest BCUT2D eigenvalue weighted by Gasteiger charge is 2.33. The number of thioether (sulfide) groups is 1. The van der Waals surface area contributed by atoms with Crippen LogP contribution in [0.2, 0.25) is 5.02 Å². The predicted molar refractivity (Wildman–Crippen MR) is 103 cm³/mol. The number of rotatable bonds is 7. The van der Waals surface area contributed by atoms with Crippen LogP contribution in [0.25, 0.3) is 11.5 Å². The fourth-order valence-corrected chi connectivity index (χ4v) is 4.46. The van der Waals surface area contributed by atoms with Gasteiger partial charge >= 0.3 is 0 Å². The number of amides is 1. The second-order valence-electron chi connectivity index (χ2n) is 5.95. The molecule has 0 aliphatic heterocycles. The van der Waals surface area contributed by atoms with Gasteiger partial charge in [-0.2, -0.15) is 0 Å². The highest BCUT2D eigenvalue weighted by atomic mass is 35.5. The summed E-state index contributed by atoms with van der Waals surface area (Å²) >= 11 is 9.39. The highest BCUT2D eigenvalue weighted by molar-refractivity contribution is 8.01. The van der Waals surface area contributed by atoms with E-state index in [2.05, 4.69) is 10.2 Å². The van der Waals surface area contributed by atoms with E-state index in [0.717, 1.165) is 17.1 Å². The zero-order valence-corrected chi connectivity index (χ0v) is 16.2. The summed E-state index contributed by atoms with van der Waals surface area (Å²) in [5.74, 6) is 1.33. The lowest BCUT2D eigenvalue weighted by Gasteiger charge is -2.20. The summed E-state index contributed by atoms with van der Waals surface area (Å²) in [4.78, 5) is 14.5. The quantitative estimate of drug-likeness (QED) is 0.531. The smallest absolute Gasteiger partial charge is 0.249 e. The first-order valence-corrected chi connectivity index (χ1v) is 10.5. The average molecular weight is 406 g/mol. The van der Waals surface area contributed by atoms with Crippen molar-refractivity contribution in [2.75, 3.05) is 5.75 Å². The van der Waals surface area contributed by atoms with Gasteiger partial charge < -0.3 is 9.32 Å². The summed E-state index contributed by atoms with van der Waals surface area (Å²) in [5.41, 5.74) is 0.700. The Morgan fingerprint density at radius 3 is 2.85 bits per heavy atom. The summed E-state index contributed by atoms with van der Waals surface area (Å²) < 4.78 is 6.90. The minimum absolute atomic E-state index is 0.100. The molecule has 2 heterocycles. The molecule has 0 unspecified atom stereocenters. The number of carbonyl (C=O) groups excluding carboxylic acids is 1. The molecule has 4 rings (SSSR count). The Morgan fingerprint density at radius 2 is 2.12 bits per heavy atom. The Kier molecular flexibility index (Phi) is 5.28. The van der Waals surface area contributed by atoms with E-state index in [-0.39, 0.29) is 11.9 Å². The molecule has 0 bridgehead atoms. The Labute approximate surface area is 164 Å². The average Bonchev–Trinajstić information content (AvgIpc) is 3.16. The van der Waals surface area contributed by atoms with Crippen LogP contribution < -0.4 is 0 Å². The molecule has 1 amide bonds. The summed E-state index contributed by atoms with van der Waals surface area (Å²) in [6.07, 6.45) is 2.06. The van der Waals surface area contributed by atoms with Crippen LogP contribution in [-0.2, 0) is 11.3 Å². The predicted octanol–water partition coefficient (Wildman–Crippen LogP) is 4.73. The molecule has 0 saturated heterocycles. The molecule has 1 aliphatic carbocycles. The SMILES string of the molecule is O=C(CSc1cccs1)N(Cc1nnc(-c2ccccc2Cl)o1)C1CC1. The van der Waals surface area contributed by atoms with Crippen molar-refractivity contribution in [1.82, 2.24) is 15.1 Å². The van der Waals surface area contributed by atoms with E-state index in [1.54, 1.807) is 29.2 Å².